The normalized spacial score (nSPS) is 16.5. The largest absolute Gasteiger partial charge is 0.342 e. The lowest BCUT2D eigenvalue weighted by Gasteiger charge is -2.25. The van der Waals surface area contributed by atoms with E-state index in [4.69, 9.17) is 0 Å². The summed E-state index contributed by atoms with van der Waals surface area (Å²) in [4.78, 5) is 18.1. The fourth-order valence-electron chi connectivity index (χ4n) is 1.98. The first kappa shape index (κ1) is 12.5. The van der Waals surface area contributed by atoms with Crippen molar-refractivity contribution >= 4 is 17.2 Å². The highest BCUT2D eigenvalue weighted by Crippen LogP contribution is 2.21. The average Bonchev–Trinajstić information content (AvgIpc) is 2.97. The predicted octanol–water partition coefficient (Wildman–Crippen LogP) is 1.59. The number of carbonyl (C=O) groups excluding carboxylic acids is 1. The molecule has 1 N–H and O–H groups in total. The summed E-state index contributed by atoms with van der Waals surface area (Å²) in [5.41, 5.74) is -0.233. The Bertz CT molecular complexity index is 369. The van der Waals surface area contributed by atoms with Crippen LogP contribution < -0.4 is 5.32 Å². The zero-order valence-electron chi connectivity index (χ0n) is 10.4. The second-order valence-corrected chi connectivity index (χ2v) is 5.80. The summed E-state index contributed by atoms with van der Waals surface area (Å²) in [7, 11) is 0. The van der Waals surface area contributed by atoms with Crippen LogP contribution in [0.25, 0.3) is 0 Å². The number of amides is 1. The third-order valence-corrected chi connectivity index (χ3v) is 4.20. The third kappa shape index (κ3) is 3.04. The fraction of sp³-hybridized carbons (Fsp3) is 0.667. The van der Waals surface area contributed by atoms with Crippen molar-refractivity contribution in [3.05, 3.63) is 16.6 Å². The molecule has 1 aliphatic heterocycles. The van der Waals surface area contributed by atoms with Crippen molar-refractivity contribution in [2.75, 3.05) is 19.6 Å². The fourth-order valence-corrected chi connectivity index (χ4v) is 2.72. The Morgan fingerprint density at radius 2 is 2.24 bits per heavy atom. The highest BCUT2D eigenvalue weighted by Gasteiger charge is 2.25. The van der Waals surface area contributed by atoms with Crippen molar-refractivity contribution in [2.24, 2.45) is 0 Å². The van der Waals surface area contributed by atoms with Crippen molar-refractivity contribution in [3.8, 4) is 0 Å². The molecule has 1 aliphatic rings. The topological polar surface area (TPSA) is 45.2 Å². The summed E-state index contributed by atoms with van der Waals surface area (Å²) in [5, 5.41) is 6.27. The van der Waals surface area contributed by atoms with E-state index in [1.54, 1.807) is 17.5 Å². The number of hydrogen-bond acceptors (Lipinski definition) is 4. The van der Waals surface area contributed by atoms with E-state index in [0.29, 0.717) is 6.54 Å². The minimum absolute atomic E-state index is 0.201. The molecule has 4 nitrogen and oxygen atoms in total. The van der Waals surface area contributed by atoms with E-state index in [1.807, 2.05) is 10.3 Å². The SMILES string of the molecule is CC(C)(NCC(=O)N1CCCC1)c1nccs1. The number of likely N-dealkylation sites (tertiary alicyclic amines) is 1. The monoisotopic (exact) mass is 253 g/mol. The molecular formula is C12H19N3OS. The molecule has 5 heteroatoms. The molecule has 1 saturated heterocycles. The Hall–Kier alpha value is -0.940. The van der Waals surface area contributed by atoms with Gasteiger partial charge in [0.05, 0.1) is 12.1 Å². The molecule has 0 radical (unpaired) electrons. The molecule has 1 fully saturated rings. The average molecular weight is 253 g/mol. The Balaban J connectivity index is 1.87. The van der Waals surface area contributed by atoms with E-state index in [9.17, 15) is 4.79 Å². The van der Waals surface area contributed by atoms with Gasteiger partial charge in [-0.1, -0.05) is 0 Å². The number of carbonyl (C=O) groups is 1. The van der Waals surface area contributed by atoms with Gasteiger partial charge in [0.2, 0.25) is 5.91 Å². The molecule has 0 unspecified atom stereocenters. The standard InChI is InChI=1S/C12H19N3OS/c1-12(2,11-13-5-8-17-11)14-9-10(16)15-6-3-4-7-15/h5,8,14H,3-4,6-7,9H2,1-2H3. The van der Waals surface area contributed by atoms with Gasteiger partial charge in [-0.3, -0.25) is 10.1 Å². The molecule has 0 aliphatic carbocycles. The Morgan fingerprint density at radius 1 is 1.53 bits per heavy atom. The second-order valence-electron chi connectivity index (χ2n) is 4.90. The van der Waals surface area contributed by atoms with Crippen LogP contribution in [0.4, 0.5) is 0 Å². The minimum Gasteiger partial charge on any atom is -0.342 e. The minimum atomic E-state index is -0.233. The molecule has 2 heterocycles. The first-order chi connectivity index (χ1) is 8.09. The first-order valence-electron chi connectivity index (χ1n) is 6.02. The molecule has 0 saturated carbocycles. The zero-order valence-corrected chi connectivity index (χ0v) is 11.2. The van der Waals surface area contributed by atoms with Crippen LogP contribution in [0.2, 0.25) is 0 Å². The Morgan fingerprint density at radius 3 is 2.82 bits per heavy atom. The highest BCUT2D eigenvalue weighted by atomic mass is 32.1. The zero-order chi connectivity index (χ0) is 12.3. The maximum Gasteiger partial charge on any atom is 0.236 e. The molecule has 2 rings (SSSR count). The lowest BCUT2D eigenvalue weighted by Crippen LogP contribution is -2.44. The van der Waals surface area contributed by atoms with Crippen LogP contribution in [0.15, 0.2) is 11.6 Å². The third-order valence-electron chi connectivity index (χ3n) is 3.11. The van der Waals surface area contributed by atoms with E-state index in [-0.39, 0.29) is 11.4 Å². The number of hydrogen-bond donors (Lipinski definition) is 1. The summed E-state index contributed by atoms with van der Waals surface area (Å²) in [6.45, 7) is 6.34. The molecular weight excluding hydrogens is 234 g/mol. The molecule has 17 heavy (non-hydrogen) atoms. The number of nitrogens with zero attached hydrogens (tertiary/aromatic N) is 2. The second kappa shape index (κ2) is 5.14. The van der Waals surface area contributed by atoms with E-state index >= 15 is 0 Å². The van der Waals surface area contributed by atoms with Crippen LogP contribution in [-0.4, -0.2) is 35.4 Å². The summed E-state index contributed by atoms with van der Waals surface area (Å²) in [6.07, 6.45) is 4.08. The van der Waals surface area contributed by atoms with Gasteiger partial charge in [-0.25, -0.2) is 4.98 Å². The molecule has 1 amide bonds. The van der Waals surface area contributed by atoms with Gasteiger partial charge in [-0.15, -0.1) is 11.3 Å². The van der Waals surface area contributed by atoms with Crippen molar-refractivity contribution in [2.45, 2.75) is 32.2 Å². The maximum atomic E-state index is 11.9. The molecule has 94 valence electrons. The summed E-state index contributed by atoms with van der Waals surface area (Å²) < 4.78 is 0. The van der Waals surface area contributed by atoms with Crippen LogP contribution in [0, 0.1) is 0 Å². The van der Waals surface area contributed by atoms with Gasteiger partial charge in [0.15, 0.2) is 0 Å². The van der Waals surface area contributed by atoms with E-state index < -0.39 is 0 Å². The van der Waals surface area contributed by atoms with Gasteiger partial charge in [0.25, 0.3) is 0 Å². The molecule has 1 aromatic heterocycles. The van der Waals surface area contributed by atoms with E-state index in [1.165, 1.54) is 0 Å². The smallest absolute Gasteiger partial charge is 0.236 e. The number of aromatic nitrogens is 1. The number of nitrogens with one attached hydrogen (secondary N) is 1. The molecule has 0 aromatic carbocycles. The summed E-state index contributed by atoms with van der Waals surface area (Å²) >= 11 is 1.62. The van der Waals surface area contributed by atoms with Gasteiger partial charge in [-0.2, -0.15) is 0 Å². The van der Waals surface area contributed by atoms with Gasteiger partial charge in [0, 0.05) is 24.7 Å². The Labute approximate surface area is 106 Å². The van der Waals surface area contributed by atoms with Crippen LogP contribution in [0.1, 0.15) is 31.7 Å². The van der Waals surface area contributed by atoms with Gasteiger partial charge in [0.1, 0.15) is 5.01 Å². The predicted molar refractivity (Wildman–Crippen MR) is 69.0 cm³/mol. The maximum absolute atomic E-state index is 11.9. The molecule has 0 atom stereocenters. The van der Waals surface area contributed by atoms with Crippen LogP contribution >= 0.6 is 11.3 Å². The number of thiazole rings is 1. The number of rotatable bonds is 4. The van der Waals surface area contributed by atoms with Crippen LogP contribution in [-0.2, 0) is 10.3 Å². The van der Waals surface area contributed by atoms with Crippen molar-refractivity contribution < 1.29 is 4.79 Å². The van der Waals surface area contributed by atoms with Crippen molar-refractivity contribution in [1.82, 2.24) is 15.2 Å². The van der Waals surface area contributed by atoms with Crippen LogP contribution in [0.3, 0.4) is 0 Å². The summed E-state index contributed by atoms with van der Waals surface area (Å²) in [5.74, 6) is 0.201. The summed E-state index contributed by atoms with van der Waals surface area (Å²) in [6, 6.07) is 0. The quantitative estimate of drug-likeness (QED) is 0.886. The van der Waals surface area contributed by atoms with Crippen molar-refractivity contribution in [1.29, 1.82) is 0 Å². The van der Waals surface area contributed by atoms with Gasteiger partial charge in [-0.05, 0) is 26.7 Å². The Kier molecular flexibility index (Phi) is 3.79. The molecule has 0 bridgehead atoms. The highest BCUT2D eigenvalue weighted by molar-refractivity contribution is 7.09. The van der Waals surface area contributed by atoms with Gasteiger partial charge < -0.3 is 4.90 Å². The lowest BCUT2D eigenvalue weighted by atomic mass is 10.1. The van der Waals surface area contributed by atoms with E-state index in [2.05, 4.69) is 24.1 Å². The molecule has 1 aromatic rings. The van der Waals surface area contributed by atoms with Gasteiger partial charge >= 0.3 is 0 Å². The van der Waals surface area contributed by atoms with Crippen LogP contribution in [0.5, 0.6) is 0 Å². The van der Waals surface area contributed by atoms with E-state index in [0.717, 1.165) is 30.9 Å². The first-order valence-corrected chi connectivity index (χ1v) is 6.90. The molecule has 0 spiro atoms. The lowest BCUT2D eigenvalue weighted by molar-refractivity contribution is -0.129. The van der Waals surface area contributed by atoms with Crippen molar-refractivity contribution in [3.63, 3.8) is 0 Å².